The zero-order valence-electron chi connectivity index (χ0n) is 22.8. The van der Waals surface area contributed by atoms with E-state index in [1.807, 2.05) is 0 Å². The minimum atomic E-state index is -1.10. The molecule has 0 aromatic rings. The first-order valence-corrected chi connectivity index (χ1v) is 12.8. The number of hydrogen-bond acceptors (Lipinski definition) is 10. The molecule has 10 heteroatoms. The molecule has 1 atom stereocenters. The highest BCUT2D eigenvalue weighted by Gasteiger charge is 2.37. The Labute approximate surface area is 226 Å². The van der Waals surface area contributed by atoms with Gasteiger partial charge in [0.2, 0.25) is 0 Å². The van der Waals surface area contributed by atoms with Gasteiger partial charge in [0.25, 0.3) is 0 Å². The Bertz CT molecular complexity index is 729. The topological polar surface area (TPSA) is 130 Å². The molecule has 0 aromatic carbocycles. The smallest absolute Gasteiger partial charge is 0.330 e. The summed E-state index contributed by atoms with van der Waals surface area (Å²) < 4.78 is 21.8. The molecule has 0 aromatic heterocycles. The minimum absolute atomic E-state index is 0.0156. The number of hydroxylamine groups is 1. The second-order valence-electron chi connectivity index (χ2n) is 9.16. The van der Waals surface area contributed by atoms with E-state index in [2.05, 4.69) is 38.7 Å². The maximum Gasteiger partial charge on any atom is 0.330 e. The average Bonchev–Trinajstić information content (AvgIpc) is 2.94. The fraction of sp³-hybridized carbons (Fsp3) is 0.607. The molecule has 0 aliphatic carbocycles. The molecule has 0 spiro atoms. The molecule has 10 nitrogen and oxygen atoms in total. The van der Waals surface area contributed by atoms with Gasteiger partial charge >= 0.3 is 17.9 Å². The highest BCUT2D eigenvalue weighted by atomic mass is 16.6. The van der Waals surface area contributed by atoms with Crippen LogP contribution in [0.3, 0.4) is 0 Å². The number of carbonyl (C=O) groups is 3. The molecule has 216 valence electrons. The second kappa shape index (κ2) is 21.2. The molecule has 0 rings (SSSR count). The summed E-state index contributed by atoms with van der Waals surface area (Å²) in [4.78, 5) is 40.9. The van der Waals surface area contributed by atoms with Crippen molar-refractivity contribution in [3.8, 4) is 0 Å². The van der Waals surface area contributed by atoms with Gasteiger partial charge in [-0.25, -0.2) is 19.9 Å². The van der Waals surface area contributed by atoms with Crippen molar-refractivity contribution in [1.29, 1.82) is 0 Å². The fourth-order valence-electron chi connectivity index (χ4n) is 3.25. The number of ether oxygens (including phenoxy) is 4. The molecular weight excluding hydrogens is 494 g/mol. The SMILES string of the molecule is C=CCCC(COCC(CO)(CONCCCCCC)COC(=O)C=C)(COC(=O)C=C)COC(=O)C=C. The van der Waals surface area contributed by atoms with Gasteiger partial charge in [-0.15, -0.1) is 6.58 Å². The van der Waals surface area contributed by atoms with Gasteiger partial charge in [0.05, 0.1) is 37.3 Å². The van der Waals surface area contributed by atoms with Crippen molar-refractivity contribution >= 4 is 17.9 Å². The van der Waals surface area contributed by atoms with Gasteiger partial charge in [0, 0.05) is 24.8 Å². The zero-order valence-corrected chi connectivity index (χ0v) is 22.8. The lowest BCUT2D eigenvalue weighted by Crippen LogP contribution is -2.45. The molecule has 0 heterocycles. The van der Waals surface area contributed by atoms with E-state index in [0.717, 1.165) is 43.9 Å². The van der Waals surface area contributed by atoms with E-state index in [1.54, 1.807) is 6.08 Å². The van der Waals surface area contributed by atoms with Crippen molar-refractivity contribution in [2.24, 2.45) is 10.8 Å². The van der Waals surface area contributed by atoms with Crippen LogP contribution in [0.5, 0.6) is 0 Å². The molecule has 1 unspecified atom stereocenters. The van der Waals surface area contributed by atoms with Gasteiger partial charge in [-0.2, -0.15) is 0 Å². The Morgan fingerprint density at radius 1 is 0.763 bits per heavy atom. The van der Waals surface area contributed by atoms with E-state index in [1.165, 1.54) is 0 Å². The molecule has 38 heavy (non-hydrogen) atoms. The summed E-state index contributed by atoms with van der Waals surface area (Å²) in [5.41, 5.74) is 0.846. The van der Waals surface area contributed by atoms with Crippen molar-refractivity contribution in [3.63, 3.8) is 0 Å². The molecule has 0 saturated heterocycles. The quantitative estimate of drug-likeness (QED) is 0.0445. The Morgan fingerprint density at radius 3 is 1.76 bits per heavy atom. The predicted octanol–water partition coefficient (Wildman–Crippen LogP) is 3.22. The molecule has 0 bridgehead atoms. The number of aliphatic hydroxyl groups excluding tert-OH is 1. The van der Waals surface area contributed by atoms with E-state index in [0.29, 0.717) is 19.4 Å². The van der Waals surface area contributed by atoms with Gasteiger partial charge < -0.3 is 28.9 Å². The first kappa shape index (κ1) is 35.2. The van der Waals surface area contributed by atoms with Crippen molar-refractivity contribution in [2.75, 3.05) is 52.8 Å². The van der Waals surface area contributed by atoms with Crippen LogP contribution in [-0.4, -0.2) is 75.8 Å². The molecule has 0 aliphatic heterocycles. The van der Waals surface area contributed by atoms with E-state index >= 15 is 0 Å². The third-order valence-corrected chi connectivity index (χ3v) is 5.71. The number of esters is 3. The summed E-state index contributed by atoms with van der Waals surface area (Å²) in [6, 6.07) is 0. The first-order chi connectivity index (χ1) is 18.3. The number of unbranched alkanes of at least 4 members (excludes halogenated alkanes) is 3. The minimum Gasteiger partial charge on any atom is -0.462 e. The summed E-state index contributed by atoms with van der Waals surface area (Å²) in [5, 5.41) is 10.2. The molecular formula is C28H45NO9. The zero-order chi connectivity index (χ0) is 28.7. The Morgan fingerprint density at radius 2 is 1.29 bits per heavy atom. The normalized spacial score (nSPS) is 12.6. The van der Waals surface area contributed by atoms with Gasteiger partial charge in [-0.3, -0.25) is 0 Å². The average molecular weight is 540 g/mol. The van der Waals surface area contributed by atoms with Crippen LogP contribution in [0.4, 0.5) is 0 Å². The molecule has 0 aliphatic rings. The summed E-state index contributed by atoms with van der Waals surface area (Å²) in [6.07, 6.45) is 9.97. The predicted molar refractivity (Wildman–Crippen MR) is 144 cm³/mol. The number of carbonyl (C=O) groups excluding carboxylic acids is 3. The number of hydrogen-bond donors (Lipinski definition) is 2. The fourth-order valence-corrected chi connectivity index (χ4v) is 3.25. The maximum absolute atomic E-state index is 11.8. The largest absolute Gasteiger partial charge is 0.462 e. The lowest BCUT2D eigenvalue weighted by atomic mass is 9.85. The Balaban J connectivity index is 5.54. The van der Waals surface area contributed by atoms with Crippen LogP contribution in [0.25, 0.3) is 0 Å². The van der Waals surface area contributed by atoms with E-state index in [9.17, 15) is 19.5 Å². The van der Waals surface area contributed by atoms with Gasteiger partial charge in [-0.05, 0) is 19.3 Å². The number of nitrogens with one attached hydrogen (secondary N) is 1. The Hall–Kier alpha value is -2.79. The summed E-state index contributed by atoms with van der Waals surface area (Å²) in [5.74, 6) is -1.92. The van der Waals surface area contributed by atoms with Crippen LogP contribution in [-0.2, 0) is 38.2 Å². The van der Waals surface area contributed by atoms with Crippen LogP contribution < -0.4 is 5.48 Å². The molecule has 0 radical (unpaired) electrons. The molecule has 2 N–H and O–H groups in total. The van der Waals surface area contributed by atoms with Crippen molar-refractivity contribution in [1.82, 2.24) is 5.48 Å². The van der Waals surface area contributed by atoms with E-state index in [-0.39, 0.29) is 39.6 Å². The monoisotopic (exact) mass is 539 g/mol. The lowest BCUT2D eigenvalue weighted by molar-refractivity contribution is -0.160. The number of rotatable bonds is 25. The third-order valence-electron chi connectivity index (χ3n) is 5.71. The lowest BCUT2D eigenvalue weighted by Gasteiger charge is -2.35. The van der Waals surface area contributed by atoms with Gasteiger partial charge in [0.1, 0.15) is 19.8 Å². The third kappa shape index (κ3) is 15.5. The van der Waals surface area contributed by atoms with Crippen LogP contribution >= 0.6 is 0 Å². The number of allylic oxidation sites excluding steroid dienone is 1. The highest BCUT2D eigenvalue weighted by molar-refractivity contribution is 5.82. The van der Waals surface area contributed by atoms with E-state index < -0.39 is 35.3 Å². The maximum atomic E-state index is 11.8. The van der Waals surface area contributed by atoms with Crippen LogP contribution in [0.15, 0.2) is 50.6 Å². The first-order valence-electron chi connectivity index (χ1n) is 12.8. The molecule has 0 fully saturated rings. The van der Waals surface area contributed by atoms with Gasteiger partial charge in [-0.1, -0.05) is 52.0 Å². The number of aliphatic hydroxyl groups is 1. The summed E-state index contributed by atoms with van der Waals surface area (Å²) in [7, 11) is 0. The summed E-state index contributed by atoms with van der Waals surface area (Å²) in [6.45, 7) is 15.7. The molecule has 0 saturated carbocycles. The van der Waals surface area contributed by atoms with Crippen LogP contribution in [0, 0.1) is 10.8 Å². The van der Waals surface area contributed by atoms with Crippen LogP contribution in [0.1, 0.15) is 45.4 Å². The van der Waals surface area contributed by atoms with Gasteiger partial charge in [0.15, 0.2) is 0 Å². The summed E-state index contributed by atoms with van der Waals surface area (Å²) >= 11 is 0. The van der Waals surface area contributed by atoms with Crippen molar-refractivity contribution in [3.05, 3.63) is 50.6 Å². The Kier molecular flexibility index (Phi) is 19.6. The standard InChI is InChI=1S/C28H45NO9/c1-6-11-13-14-16-29-38-23-28(17-30,22-37-26(33)10-5)19-34-18-27(15-12-7-2,20-35-24(31)8-3)21-36-25(32)9-4/h7-10,29-30H,2-6,11-23H2,1H3. The molecule has 0 amide bonds. The van der Waals surface area contributed by atoms with Crippen molar-refractivity contribution in [2.45, 2.75) is 45.4 Å². The van der Waals surface area contributed by atoms with Crippen LogP contribution in [0.2, 0.25) is 0 Å². The second-order valence-corrected chi connectivity index (χ2v) is 9.16. The van der Waals surface area contributed by atoms with Crippen molar-refractivity contribution < 1.29 is 43.3 Å². The highest BCUT2D eigenvalue weighted by Crippen LogP contribution is 2.28. The van der Waals surface area contributed by atoms with E-state index in [4.69, 9.17) is 23.8 Å².